The number of benzene rings is 2. The van der Waals surface area contributed by atoms with Crippen LogP contribution >= 0.6 is 11.3 Å². The van der Waals surface area contributed by atoms with Gasteiger partial charge in [0.15, 0.2) is 5.82 Å². The van der Waals surface area contributed by atoms with Crippen molar-refractivity contribution in [3.8, 4) is 44.0 Å². The first-order valence-electron chi connectivity index (χ1n) is 9.94. The van der Waals surface area contributed by atoms with Gasteiger partial charge in [0.05, 0.1) is 22.1 Å². The molecule has 0 spiro atoms. The Bertz CT molecular complexity index is 1490. The third-order valence-electron chi connectivity index (χ3n) is 5.16. The summed E-state index contributed by atoms with van der Waals surface area (Å²) in [5.74, 6) is 0.501. The highest BCUT2D eigenvalue weighted by molar-refractivity contribution is 7.18. The van der Waals surface area contributed by atoms with Gasteiger partial charge in [0.25, 0.3) is 5.56 Å². The topological polar surface area (TPSA) is 87.4 Å². The average Bonchev–Trinajstić information content (AvgIpc) is 3.45. The molecule has 32 heavy (non-hydrogen) atoms. The second kappa shape index (κ2) is 8.10. The molecular formula is C25H17N5OS. The van der Waals surface area contributed by atoms with E-state index < -0.39 is 0 Å². The molecule has 5 rings (SSSR count). The number of thiazole rings is 1. The lowest BCUT2D eigenvalue weighted by atomic mass is 10.1. The maximum Gasteiger partial charge on any atom is 0.280 e. The average molecular weight is 436 g/mol. The number of nitrogens with zero attached hydrogens (tertiary/aromatic N) is 4. The Morgan fingerprint density at radius 1 is 0.906 bits per heavy atom. The van der Waals surface area contributed by atoms with Crippen LogP contribution in [0.5, 0.6) is 0 Å². The third kappa shape index (κ3) is 3.53. The number of aryl methyl sites for hydroxylation is 1. The molecule has 3 aromatic heterocycles. The van der Waals surface area contributed by atoms with Gasteiger partial charge in [-0.25, -0.2) is 14.6 Å². The van der Waals surface area contributed by atoms with Crippen molar-refractivity contribution in [1.82, 2.24) is 19.7 Å². The van der Waals surface area contributed by atoms with Gasteiger partial charge in [0.2, 0.25) is 0 Å². The molecule has 0 radical (unpaired) electrons. The molecule has 6 nitrogen and oxygen atoms in total. The number of nitriles is 1. The van der Waals surface area contributed by atoms with E-state index in [2.05, 4.69) is 33.3 Å². The van der Waals surface area contributed by atoms with Crippen molar-refractivity contribution in [2.24, 2.45) is 0 Å². The Morgan fingerprint density at radius 2 is 1.66 bits per heavy atom. The zero-order valence-corrected chi connectivity index (χ0v) is 17.9. The summed E-state index contributed by atoms with van der Waals surface area (Å²) in [4.78, 5) is 23.2. The van der Waals surface area contributed by atoms with Crippen LogP contribution in [0.15, 0.2) is 83.9 Å². The molecule has 0 aliphatic heterocycles. The van der Waals surface area contributed by atoms with Crippen LogP contribution in [0.3, 0.4) is 0 Å². The number of pyridine rings is 1. The number of hydrogen-bond donors (Lipinski definition) is 1. The smallest absolute Gasteiger partial charge is 0.280 e. The van der Waals surface area contributed by atoms with Gasteiger partial charge in [-0.1, -0.05) is 42.5 Å². The standard InChI is InChI=1S/C25H17N5OS/c1-16-23(19-9-7-17(13-26)8-10-19)25(31)30(29-16)22-12-11-20(14-27-22)24-28-15-21(32-24)18-5-3-2-4-6-18/h2-12,14-15,29H,1H3. The van der Waals surface area contributed by atoms with Crippen LogP contribution in [0.25, 0.3) is 38.0 Å². The second-order valence-corrected chi connectivity index (χ2v) is 8.27. The van der Waals surface area contributed by atoms with Gasteiger partial charge in [0.1, 0.15) is 5.01 Å². The molecule has 3 heterocycles. The monoisotopic (exact) mass is 435 g/mol. The van der Waals surface area contributed by atoms with E-state index in [1.165, 1.54) is 4.68 Å². The number of H-pyrrole nitrogens is 1. The maximum absolute atomic E-state index is 13.1. The maximum atomic E-state index is 13.1. The Kier molecular flexibility index (Phi) is 4.98. The third-order valence-corrected chi connectivity index (χ3v) is 6.26. The molecule has 0 bridgehead atoms. The van der Waals surface area contributed by atoms with Crippen LogP contribution in [0.2, 0.25) is 0 Å². The van der Waals surface area contributed by atoms with Crippen LogP contribution in [-0.4, -0.2) is 19.7 Å². The molecule has 0 fully saturated rings. The van der Waals surface area contributed by atoms with Crippen LogP contribution in [-0.2, 0) is 0 Å². The summed E-state index contributed by atoms with van der Waals surface area (Å²) in [7, 11) is 0. The molecular weight excluding hydrogens is 418 g/mol. The van der Waals surface area contributed by atoms with E-state index in [9.17, 15) is 4.79 Å². The van der Waals surface area contributed by atoms with Gasteiger partial charge in [-0.3, -0.25) is 9.89 Å². The molecule has 0 saturated heterocycles. The lowest BCUT2D eigenvalue weighted by Gasteiger charge is -2.02. The molecule has 0 atom stereocenters. The van der Waals surface area contributed by atoms with Gasteiger partial charge in [0, 0.05) is 23.7 Å². The fourth-order valence-corrected chi connectivity index (χ4v) is 4.46. The fourth-order valence-electron chi connectivity index (χ4n) is 3.55. The molecule has 5 aromatic rings. The fraction of sp³-hybridized carbons (Fsp3) is 0.0400. The zero-order chi connectivity index (χ0) is 22.1. The van der Waals surface area contributed by atoms with E-state index in [0.29, 0.717) is 16.9 Å². The normalized spacial score (nSPS) is 10.8. The second-order valence-electron chi connectivity index (χ2n) is 7.24. The quantitative estimate of drug-likeness (QED) is 0.420. The highest BCUT2D eigenvalue weighted by Gasteiger charge is 2.15. The van der Waals surface area contributed by atoms with Crippen molar-refractivity contribution in [2.45, 2.75) is 6.92 Å². The number of aromatic amines is 1. The summed E-state index contributed by atoms with van der Waals surface area (Å²) in [6, 6.07) is 22.9. The number of hydrogen-bond acceptors (Lipinski definition) is 5. The minimum Gasteiger partial charge on any atom is -0.293 e. The van der Waals surface area contributed by atoms with Crippen molar-refractivity contribution >= 4 is 11.3 Å². The molecule has 0 aliphatic carbocycles. The molecule has 0 saturated carbocycles. The first-order chi connectivity index (χ1) is 15.6. The summed E-state index contributed by atoms with van der Waals surface area (Å²) in [5, 5.41) is 13.0. The minimum absolute atomic E-state index is 0.187. The SMILES string of the molecule is Cc1[nH]n(-c2ccc(-c3ncc(-c4ccccc4)s3)cn2)c(=O)c1-c1ccc(C#N)cc1. The number of rotatable bonds is 4. The van der Waals surface area contributed by atoms with Gasteiger partial charge in [-0.15, -0.1) is 11.3 Å². The van der Waals surface area contributed by atoms with Crippen molar-refractivity contribution in [3.05, 3.63) is 101 Å². The molecule has 1 N–H and O–H groups in total. The van der Waals surface area contributed by atoms with Gasteiger partial charge >= 0.3 is 0 Å². The summed E-state index contributed by atoms with van der Waals surface area (Å²) in [5.41, 5.74) is 4.44. The van der Waals surface area contributed by atoms with Gasteiger partial charge in [-0.2, -0.15) is 5.26 Å². The van der Waals surface area contributed by atoms with E-state index in [1.54, 1.807) is 47.9 Å². The van der Waals surface area contributed by atoms with Gasteiger partial charge < -0.3 is 0 Å². The van der Waals surface area contributed by atoms with Crippen LogP contribution in [0.4, 0.5) is 0 Å². The highest BCUT2D eigenvalue weighted by Crippen LogP contribution is 2.31. The minimum atomic E-state index is -0.187. The van der Waals surface area contributed by atoms with Crippen LogP contribution < -0.4 is 5.56 Å². The van der Waals surface area contributed by atoms with Crippen LogP contribution in [0.1, 0.15) is 11.3 Å². The van der Waals surface area contributed by atoms with Crippen molar-refractivity contribution in [1.29, 1.82) is 5.26 Å². The van der Waals surface area contributed by atoms with Crippen molar-refractivity contribution in [2.75, 3.05) is 0 Å². The summed E-state index contributed by atoms with van der Waals surface area (Å²) < 4.78 is 1.43. The summed E-state index contributed by atoms with van der Waals surface area (Å²) >= 11 is 1.60. The lowest BCUT2D eigenvalue weighted by Crippen LogP contribution is -2.16. The molecule has 154 valence electrons. The Hall–Kier alpha value is -4.28. The Labute approximate surface area is 188 Å². The number of nitrogens with one attached hydrogen (secondary N) is 1. The van der Waals surface area contributed by atoms with Crippen molar-refractivity contribution in [3.63, 3.8) is 0 Å². The lowest BCUT2D eigenvalue weighted by molar-refractivity contribution is 0.807. The predicted molar refractivity (Wildman–Crippen MR) is 126 cm³/mol. The van der Waals surface area contributed by atoms with E-state index in [0.717, 1.165) is 32.3 Å². The number of aromatic nitrogens is 4. The Balaban J connectivity index is 1.45. The molecule has 0 aliphatic rings. The van der Waals surface area contributed by atoms with Crippen LogP contribution in [0, 0.1) is 18.3 Å². The predicted octanol–water partition coefficient (Wildman–Crippen LogP) is 5.20. The summed E-state index contributed by atoms with van der Waals surface area (Å²) in [6.45, 7) is 1.85. The Morgan fingerprint density at radius 3 is 2.34 bits per heavy atom. The molecule has 0 amide bonds. The van der Waals surface area contributed by atoms with Crippen molar-refractivity contribution < 1.29 is 0 Å². The molecule has 7 heteroatoms. The summed E-state index contributed by atoms with van der Waals surface area (Å²) in [6.07, 6.45) is 3.60. The van der Waals surface area contributed by atoms with E-state index >= 15 is 0 Å². The first kappa shape index (κ1) is 19.7. The first-order valence-corrected chi connectivity index (χ1v) is 10.8. The largest absolute Gasteiger partial charge is 0.293 e. The van der Waals surface area contributed by atoms with Gasteiger partial charge in [-0.05, 0) is 42.3 Å². The highest BCUT2D eigenvalue weighted by atomic mass is 32.1. The molecule has 2 aromatic carbocycles. The van der Waals surface area contributed by atoms with E-state index in [4.69, 9.17) is 5.26 Å². The molecule has 0 unspecified atom stereocenters. The zero-order valence-electron chi connectivity index (χ0n) is 17.1. The van der Waals surface area contributed by atoms with E-state index in [1.807, 2.05) is 37.4 Å². The van der Waals surface area contributed by atoms with E-state index in [-0.39, 0.29) is 5.56 Å².